The maximum atomic E-state index is 5.89. The second-order valence-corrected chi connectivity index (χ2v) is 3.95. The molecule has 2 nitrogen and oxygen atoms in total. The highest BCUT2D eigenvalue weighted by Crippen LogP contribution is 2.19. The van der Waals surface area contributed by atoms with Gasteiger partial charge in [0, 0.05) is 19.1 Å². The van der Waals surface area contributed by atoms with Gasteiger partial charge in [0.2, 0.25) is 0 Å². The predicted molar refractivity (Wildman–Crippen MR) is 70.3 cm³/mol. The lowest BCUT2D eigenvalue weighted by molar-refractivity contribution is 0.224. The Bertz CT molecular complexity index is 295. The fourth-order valence-electron chi connectivity index (χ4n) is 2.00. The third-order valence-electron chi connectivity index (χ3n) is 2.72. The van der Waals surface area contributed by atoms with Gasteiger partial charge in [0.25, 0.3) is 0 Å². The molecular weight excluding hydrogens is 196 g/mol. The Morgan fingerprint density at radius 1 is 1.38 bits per heavy atom. The van der Waals surface area contributed by atoms with Crippen LogP contribution in [-0.4, -0.2) is 24.5 Å². The molecule has 1 atom stereocenters. The number of nitrogens with zero attached hydrogens (tertiary/aromatic N) is 1. The summed E-state index contributed by atoms with van der Waals surface area (Å²) in [5.41, 5.74) is 7.18. The van der Waals surface area contributed by atoms with E-state index in [4.69, 9.17) is 5.73 Å². The van der Waals surface area contributed by atoms with Gasteiger partial charge < -0.3 is 5.73 Å². The van der Waals surface area contributed by atoms with Crippen molar-refractivity contribution in [3.05, 3.63) is 48.6 Å². The van der Waals surface area contributed by atoms with Crippen molar-refractivity contribution >= 4 is 0 Å². The lowest BCUT2D eigenvalue weighted by atomic mass is 10.1. The minimum absolute atomic E-state index is 0.305. The van der Waals surface area contributed by atoms with Crippen LogP contribution in [0.25, 0.3) is 0 Å². The van der Waals surface area contributed by atoms with Gasteiger partial charge in [-0.2, -0.15) is 0 Å². The monoisotopic (exact) mass is 218 g/mol. The molecule has 1 aromatic carbocycles. The van der Waals surface area contributed by atoms with Crippen molar-refractivity contribution in [1.29, 1.82) is 0 Å². The van der Waals surface area contributed by atoms with Crippen molar-refractivity contribution < 1.29 is 0 Å². The molecule has 0 bridgehead atoms. The van der Waals surface area contributed by atoms with Crippen LogP contribution < -0.4 is 5.73 Å². The molecule has 1 unspecified atom stereocenters. The first kappa shape index (κ1) is 12.9. The van der Waals surface area contributed by atoms with Crippen molar-refractivity contribution in [3.63, 3.8) is 0 Å². The van der Waals surface area contributed by atoms with Crippen LogP contribution in [0.15, 0.2) is 43.0 Å². The van der Waals surface area contributed by atoms with Crippen LogP contribution in [0, 0.1) is 0 Å². The molecule has 0 radical (unpaired) electrons. The minimum Gasteiger partial charge on any atom is -0.329 e. The van der Waals surface area contributed by atoms with Gasteiger partial charge >= 0.3 is 0 Å². The molecule has 0 saturated carbocycles. The smallest absolute Gasteiger partial charge is 0.0473 e. The molecule has 0 aromatic heterocycles. The van der Waals surface area contributed by atoms with Crippen molar-refractivity contribution in [2.45, 2.75) is 19.4 Å². The predicted octanol–water partition coefficient (Wildman–Crippen LogP) is 2.58. The average molecular weight is 218 g/mol. The van der Waals surface area contributed by atoms with Gasteiger partial charge in [-0.3, -0.25) is 4.90 Å². The molecule has 16 heavy (non-hydrogen) atoms. The normalized spacial score (nSPS) is 12.7. The Kier molecular flexibility index (Phi) is 5.83. The summed E-state index contributed by atoms with van der Waals surface area (Å²) in [6.45, 7) is 8.60. The summed E-state index contributed by atoms with van der Waals surface area (Å²) in [7, 11) is 0. The van der Waals surface area contributed by atoms with E-state index in [1.165, 1.54) is 5.56 Å². The summed E-state index contributed by atoms with van der Waals surface area (Å²) in [5, 5.41) is 0. The molecule has 0 aliphatic heterocycles. The number of nitrogens with two attached hydrogens (primary N) is 1. The first-order valence-electron chi connectivity index (χ1n) is 5.93. The maximum absolute atomic E-state index is 5.89. The summed E-state index contributed by atoms with van der Waals surface area (Å²) in [5.74, 6) is 0. The molecule has 0 spiro atoms. The molecular formula is C14H22N2. The van der Waals surface area contributed by atoms with E-state index in [2.05, 4.69) is 42.7 Å². The van der Waals surface area contributed by atoms with Gasteiger partial charge in [0.05, 0.1) is 0 Å². The average Bonchev–Trinajstić information content (AvgIpc) is 2.32. The molecule has 0 aliphatic carbocycles. The van der Waals surface area contributed by atoms with Gasteiger partial charge in [-0.15, -0.1) is 6.58 Å². The summed E-state index contributed by atoms with van der Waals surface area (Å²) < 4.78 is 0. The van der Waals surface area contributed by atoms with E-state index in [0.717, 1.165) is 19.5 Å². The molecule has 1 aromatic rings. The Balaban J connectivity index is 2.81. The van der Waals surface area contributed by atoms with Crippen LogP contribution in [-0.2, 0) is 0 Å². The summed E-state index contributed by atoms with van der Waals surface area (Å²) in [6.07, 6.45) is 3.08. The summed E-state index contributed by atoms with van der Waals surface area (Å²) in [6, 6.07) is 10.8. The zero-order valence-electron chi connectivity index (χ0n) is 10.1. The number of hydrogen-bond acceptors (Lipinski definition) is 2. The number of hydrogen-bond donors (Lipinski definition) is 1. The van der Waals surface area contributed by atoms with E-state index in [-0.39, 0.29) is 0 Å². The lowest BCUT2D eigenvalue weighted by Crippen LogP contribution is -2.34. The molecule has 2 heteroatoms. The van der Waals surface area contributed by atoms with Gasteiger partial charge in [0.15, 0.2) is 0 Å². The van der Waals surface area contributed by atoms with E-state index in [0.29, 0.717) is 12.6 Å². The van der Waals surface area contributed by atoms with Crippen LogP contribution in [0.1, 0.15) is 24.9 Å². The lowest BCUT2D eigenvalue weighted by Gasteiger charge is -2.30. The van der Waals surface area contributed by atoms with Gasteiger partial charge in [-0.05, 0) is 18.5 Å². The summed E-state index contributed by atoms with van der Waals surface area (Å²) in [4.78, 5) is 2.38. The zero-order chi connectivity index (χ0) is 11.8. The van der Waals surface area contributed by atoms with Crippen LogP contribution in [0.4, 0.5) is 0 Å². The van der Waals surface area contributed by atoms with Crippen molar-refractivity contribution in [2.24, 2.45) is 5.73 Å². The van der Waals surface area contributed by atoms with Crippen molar-refractivity contribution in [1.82, 2.24) is 4.90 Å². The van der Waals surface area contributed by atoms with Crippen LogP contribution in [0.3, 0.4) is 0 Å². The second-order valence-electron chi connectivity index (χ2n) is 3.95. The Labute approximate surface area is 98.8 Å². The van der Waals surface area contributed by atoms with Gasteiger partial charge in [-0.25, -0.2) is 0 Å². The highest BCUT2D eigenvalue weighted by molar-refractivity contribution is 5.19. The molecule has 2 N–H and O–H groups in total. The molecule has 88 valence electrons. The SMILES string of the molecule is C=CCN(CCC)C(CN)c1ccccc1. The minimum atomic E-state index is 0.305. The summed E-state index contributed by atoms with van der Waals surface area (Å²) >= 11 is 0. The topological polar surface area (TPSA) is 29.3 Å². The quantitative estimate of drug-likeness (QED) is 0.713. The molecule has 0 heterocycles. The van der Waals surface area contributed by atoms with Crippen molar-refractivity contribution in [2.75, 3.05) is 19.6 Å². The first-order valence-corrected chi connectivity index (χ1v) is 5.93. The van der Waals surface area contributed by atoms with Crippen molar-refractivity contribution in [3.8, 4) is 0 Å². The van der Waals surface area contributed by atoms with Gasteiger partial charge in [0.1, 0.15) is 0 Å². The third-order valence-corrected chi connectivity index (χ3v) is 2.72. The number of rotatable bonds is 7. The van der Waals surface area contributed by atoms with E-state index < -0.39 is 0 Å². The zero-order valence-corrected chi connectivity index (χ0v) is 10.1. The fourth-order valence-corrected chi connectivity index (χ4v) is 2.00. The van der Waals surface area contributed by atoms with E-state index in [9.17, 15) is 0 Å². The molecule has 0 aliphatic rings. The highest BCUT2D eigenvalue weighted by atomic mass is 15.2. The van der Waals surface area contributed by atoms with Gasteiger partial charge in [-0.1, -0.05) is 43.3 Å². The second kappa shape index (κ2) is 7.20. The highest BCUT2D eigenvalue weighted by Gasteiger charge is 2.16. The van der Waals surface area contributed by atoms with E-state index in [1.54, 1.807) is 0 Å². The number of benzene rings is 1. The van der Waals surface area contributed by atoms with Crippen LogP contribution in [0.2, 0.25) is 0 Å². The van der Waals surface area contributed by atoms with Crippen LogP contribution in [0.5, 0.6) is 0 Å². The molecule has 0 fully saturated rings. The standard InChI is InChI=1S/C14H22N2/c1-3-10-16(11-4-2)14(12-15)13-8-6-5-7-9-13/h3,5-9,14H,1,4,10-12,15H2,2H3. The molecule has 0 amide bonds. The van der Waals surface area contributed by atoms with Crippen LogP contribution >= 0.6 is 0 Å². The first-order chi connectivity index (χ1) is 7.83. The Hall–Kier alpha value is -1.12. The largest absolute Gasteiger partial charge is 0.329 e. The van der Waals surface area contributed by atoms with E-state index >= 15 is 0 Å². The molecule has 1 rings (SSSR count). The Morgan fingerprint density at radius 2 is 2.06 bits per heavy atom. The molecule has 0 saturated heterocycles. The third kappa shape index (κ3) is 3.47. The Morgan fingerprint density at radius 3 is 2.56 bits per heavy atom. The van der Waals surface area contributed by atoms with E-state index in [1.807, 2.05) is 12.1 Å². The maximum Gasteiger partial charge on any atom is 0.0473 e. The fraction of sp³-hybridized carbons (Fsp3) is 0.429.